The lowest BCUT2D eigenvalue weighted by Crippen LogP contribution is -2.42. The van der Waals surface area contributed by atoms with Crippen LogP contribution in [0.3, 0.4) is 0 Å². The molecule has 0 bridgehead atoms. The van der Waals surface area contributed by atoms with Crippen LogP contribution >= 0.6 is 0 Å². The molecule has 0 saturated carbocycles. The molecule has 4 heteroatoms. The number of hydrogen-bond acceptors (Lipinski definition) is 3. The van der Waals surface area contributed by atoms with E-state index in [9.17, 15) is 4.79 Å². The molecule has 0 spiro atoms. The average Bonchev–Trinajstić information content (AvgIpc) is 3.17. The largest absolute Gasteiger partial charge is 0.444 e. The van der Waals surface area contributed by atoms with Crippen LogP contribution in [0.5, 0.6) is 0 Å². The summed E-state index contributed by atoms with van der Waals surface area (Å²) in [4.78, 5) is 11.8. The van der Waals surface area contributed by atoms with Crippen molar-refractivity contribution in [3.05, 3.63) is 35.9 Å². The summed E-state index contributed by atoms with van der Waals surface area (Å²) in [7, 11) is 0. The van der Waals surface area contributed by atoms with Crippen LogP contribution in [-0.2, 0) is 15.9 Å². The van der Waals surface area contributed by atoms with Gasteiger partial charge in [0.25, 0.3) is 0 Å². The summed E-state index contributed by atoms with van der Waals surface area (Å²) in [5.74, 6) is 0. The summed E-state index contributed by atoms with van der Waals surface area (Å²) in [6.07, 6.45) is 1.53. The molecular formula is C16H23NO3. The maximum atomic E-state index is 11.8. The summed E-state index contributed by atoms with van der Waals surface area (Å²) in [6.45, 7) is 6.30. The van der Waals surface area contributed by atoms with Crippen molar-refractivity contribution in [3.8, 4) is 0 Å². The highest BCUT2D eigenvalue weighted by Crippen LogP contribution is 2.19. The van der Waals surface area contributed by atoms with Gasteiger partial charge in [0.15, 0.2) is 0 Å². The first-order valence-corrected chi connectivity index (χ1v) is 7.09. The third kappa shape index (κ3) is 5.21. The van der Waals surface area contributed by atoms with Crippen LogP contribution in [0.15, 0.2) is 30.3 Å². The Hall–Kier alpha value is -1.55. The fraction of sp³-hybridized carbons (Fsp3) is 0.562. The molecule has 1 amide bonds. The van der Waals surface area contributed by atoms with Gasteiger partial charge in [-0.05, 0) is 39.2 Å². The predicted octanol–water partition coefficient (Wildman–Crippen LogP) is 2.91. The van der Waals surface area contributed by atoms with Gasteiger partial charge in [0.1, 0.15) is 11.7 Å². The molecular weight excluding hydrogens is 254 g/mol. The van der Waals surface area contributed by atoms with Crippen molar-refractivity contribution in [3.63, 3.8) is 0 Å². The molecule has 1 fully saturated rings. The number of alkyl carbamates (subject to hydrolysis) is 1. The maximum Gasteiger partial charge on any atom is 0.407 e. The zero-order valence-corrected chi connectivity index (χ0v) is 12.4. The van der Waals surface area contributed by atoms with Crippen molar-refractivity contribution in [2.75, 3.05) is 6.61 Å². The van der Waals surface area contributed by atoms with Gasteiger partial charge in [-0.1, -0.05) is 30.3 Å². The van der Waals surface area contributed by atoms with Crippen LogP contribution in [0.2, 0.25) is 0 Å². The number of benzene rings is 1. The van der Waals surface area contributed by atoms with E-state index in [0.29, 0.717) is 0 Å². The molecule has 1 heterocycles. The fourth-order valence-corrected chi connectivity index (χ4v) is 2.06. The van der Waals surface area contributed by atoms with Gasteiger partial charge in [-0.2, -0.15) is 0 Å². The van der Waals surface area contributed by atoms with E-state index in [2.05, 4.69) is 17.4 Å². The van der Waals surface area contributed by atoms with Crippen LogP contribution in [0.4, 0.5) is 4.79 Å². The van der Waals surface area contributed by atoms with E-state index in [4.69, 9.17) is 9.47 Å². The first-order valence-electron chi connectivity index (χ1n) is 7.09. The Labute approximate surface area is 120 Å². The van der Waals surface area contributed by atoms with Crippen LogP contribution in [0.25, 0.3) is 0 Å². The lowest BCUT2D eigenvalue weighted by molar-refractivity contribution is 0.0492. The Morgan fingerprint density at radius 1 is 1.40 bits per heavy atom. The monoisotopic (exact) mass is 277 g/mol. The number of carbonyl (C=O) groups is 1. The number of aryl methyl sites for hydroxylation is 1. The molecule has 2 atom stereocenters. The zero-order chi connectivity index (χ0) is 14.6. The second-order valence-electron chi connectivity index (χ2n) is 6.15. The topological polar surface area (TPSA) is 50.9 Å². The number of hydrogen-bond donors (Lipinski definition) is 1. The van der Waals surface area contributed by atoms with Crippen LogP contribution in [0.1, 0.15) is 32.8 Å². The number of epoxide rings is 1. The summed E-state index contributed by atoms with van der Waals surface area (Å²) in [5, 5.41) is 2.92. The minimum atomic E-state index is -0.474. The third-order valence-corrected chi connectivity index (χ3v) is 3.10. The van der Waals surface area contributed by atoms with E-state index in [1.165, 1.54) is 5.56 Å². The van der Waals surface area contributed by atoms with Gasteiger partial charge in [0, 0.05) is 0 Å². The number of carbonyl (C=O) groups excluding carboxylic acids is 1. The van der Waals surface area contributed by atoms with Gasteiger partial charge in [-0.3, -0.25) is 0 Å². The number of ether oxygens (including phenoxy) is 2. The highest BCUT2D eigenvalue weighted by molar-refractivity contribution is 5.68. The van der Waals surface area contributed by atoms with E-state index in [1.54, 1.807) is 0 Å². The molecule has 1 aromatic rings. The molecule has 4 nitrogen and oxygen atoms in total. The van der Waals surface area contributed by atoms with Gasteiger partial charge in [0.05, 0.1) is 12.6 Å². The average molecular weight is 277 g/mol. The number of amides is 1. The SMILES string of the molecule is CC(C)(C)OC(=O)NC(CCc1ccccc1)C1CO1. The maximum absolute atomic E-state index is 11.8. The molecule has 0 aromatic heterocycles. The highest BCUT2D eigenvalue weighted by atomic mass is 16.6. The van der Waals surface area contributed by atoms with Crippen molar-refractivity contribution >= 4 is 6.09 Å². The van der Waals surface area contributed by atoms with Gasteiger partial charge in [0.2, 0.25) is 0 Å². The van der Waals surface area contributed by atoms with E-state index >= 15 is 0 Å². The second-order valence-corrected chi connectivity index (χ2v) is 6.15. The first-order chi connectivity index (χ1) is 9.44. The fourth-order valence-electron chi connectivity index (χ4n) is 2.06. The Kier molecular flexibility index (Phi) is 4.65. The molecule has 2 rings (SSSR count). The number of rotatable bonds is 5. The van der Waals surface area contributed by atoms with Crippen molar-refractivity contribution in [1.29, 1.82) is 0 Å². The third-order valence-electron chi connectivity index (χ3n) is 3.10. The smallest absolute Gasteiger partial charge is 0.407 e. The highest BCUT2D eigenvalue weighted by Gasteiger charge is 2.34. The second kappa shape index (κ2) is 6.27. The van der Waals surface area contributed by atoms with Gasteiger partial charge in [-0.25, -0.2) is 4.79 Å². The minimum absolute atomic E-state index is 0.0186. The number of nitrogens with one attached hydrogen (secondary N) is 1. The van der Waals surface area contributed by atoms with E-state index in [-0.39, 0.29) is 18.2 Å². The molecule has 1 N–H and O–H groups in total. The van der Waals surface area contributed by atoms with Crippen LogP contribution in [0, 0.1) is 0 Å². The first kappa shape index (κ1) is 14.9. The van der Waals surface area contributed by atoms with Crippen LogP contribution < -0.4 is 5.32 Å². The van der Waals surface area contributed by atoms with Crippen LogP contribution in [-0.4, -0.2) is 30.4 Å². The molecule has 0 aliphatic carbocycles. The Morgan fingerprint density at radius 3 is 2.60 bits per heavy atom. The van der Waals surface area contributed by atoms with Crippen molar-refractivity contribution < 1.29 is 14.3 Å². The van der Waals surface area contributed by atoms with Crippen molar-refractivity contribution in [2.45, 2.75) is 51.4 Å². The molecule has 1 saturated heterocycles. The predicted molar refractivity (Wildman–Crippen MR) is 77.7 cm³/mol. The summed E-state index contributed by atoms with van der Waals surface area (Å²) < 4.78 is 10.6. The standard InChI is InChI=1S/C16H23NO3/c1-16(2,3)20-15(18)17-13(14-11-19-14)10-9-12-7-5-4-6-8-12/h4-8,13-14H,9-11H2,1-3H3,(H,17,18). The quantitative estimate of drug-likeness (QED) is 0.842. The molecule has 2 unspecified atom stereocenters. The van der Waals surface area contributed by atoms with Crippen molar-refractivity contribution in [1.82, 2.24) is 5.32 Å². The molecule has 110 valence electrons. The summed E-state index contributed by atoms with van der Waals surface area (Å²) in [6, 6.07) is 10.3. The van der Waals surface area contributed by atoms with Crippen molar-refractivity contribution in [2.24, 2.45) is 0 Å². The normalized spacial score (nSPS) is 19.2. The Morgan fingerprint density at radius 2 is 2.05 bits per heavy atom. The lowest BCUT2D eigenvalue weighted by atomic mass is 10.0. The molecule has 20 heavy (non-hydrogen) atoms. The lowest BCUT2D eigenvalue weighted by Gasteiger charge is -2.23. The van der Waals surface area contributed by atoms with Gasteiger partial charge in [-0.15, -0.1) is 0 Å². The minimum Gasteiger partial charge on any atom is -0.444 e. The molecule has 1 aromatic carbocycles. The van der Waals surface area contributed by atoms with Gasteiger partial charge >= 0.3 is 6.09 Å². The van der Waals surface area contributed by atoms with E-state index in [1.807, 2.05) is 39.0 Å². The molecule has 1 aliphatic heterocycles. The zero-order valence-electron chi connectivity index (χ0n) is 12.4. The Bertz CT molecular complexity index is 435. The van der Waals surface area contributed by atoms with Gasteiger partial charge < -0.3 is 14.8 Å². The Balaban J connectivity index is 1.83. The molecule has 0 radical (unpaired) electrons. The van der Waals surface area contributed by atoms with E-state index in [0.717, 1.165) is 19.4 Å². The molecule has 1 aliphatic rings. The summed E-state index contributed by atoms with van der Waals surface area (Å²) >= 11 is 0. The van der Waals surface area contributed by atoms with E-state index < -0.39 is 5.60 Å². The summed E-state index contributed by atoms with van der Waals surface area (Å²) in [5.41, 5.74) is 0.794.